The number of thioether (sulfide) groups is 1. The smallest absolute Gasteiger partial charge is 0.266 e. The van der Waals surface area contributed by atoms with Crippen LogP contribution >= 0.6 is 11.8 Å². The van der Waals surface area contributed by atoms with Crippen LogP contribution in [-0.4, -0.2) is 37.2 Å². The van der Waals surface area contributed by atoms with E-state index < -0.39 is 0 Å². The zero-order valence-electron chi connectivity index (χ0n) is 15.1. The van der Waals surface area contributed by atoms with Gasteiger partial charge in [0, 0.05) is 7.05 Å². The van der Waals surface area contributed by atoms with Crippen molar-refractivity contribution in [3.05, 3.63) is 58.5 Å². The minimum Gasteiger partial charge on any atom is -0.493 e. The third kappa shape index (κ3) is 3.75. The monoisotopic (exact) mass is 368 g/mol. The molecule has 0 radical (unpaired) electrons. The third-order valence-electron chi connectivity index (χ3n) is 3.97. The van der Waals surface area contributed by atoms with Crippen molar-refractivity contribution in [2.75, 3.05) is 21.3 Å². The van der Waals surface area contributed by atoms with Gasteiger partial charge in [-0.05, 0) is 54.6 Å². The Balaban J connectivity index is 1.88. The van der Waals surface area contributed by atoms with E-state index in [0.717, 1.165) is 11.3 Å². The molecule has 2 aromatic rings. The predicted octanol–water partition coefficient (Wildman–Crippen LogP) is 4.25. The van der Waals surface area contributed by atoms with Crippen LogP contribution < -0.4 is 9.47 Å². The molecule has 0 aromatic heterocycles. The van der Waals surface area contributed by atoms with E-state index in [1.54, 1.807) is 26.2 Å². The van der Waals surface area contributed by atoms with Gasteiger partial charge in [-0.3, -0.25) is 9.69 Å². The first-order chi connectivity index (χ1) is 12.5. The summed E-state index contributed by atoms with van der Waals surface area (Å²) >= 11 is 1.36. The molecule has 1 heterocycles. The lowest BCUT2D eigenvalue weighted by Gasteiger charge is -2.08. The van der Waals surface area contributed by atoms with E-state index in [1.165, 1.54) is 17.3 Å². The van der Waals surface area contributed by atoms with Crippen molar-refractivity contribution < 1.29 is 14.3 Å². The molecule has 5 nitrogen and oxygen atoms in total. The summed E-state index contributed by atoms with van der Waals surface area (Å²) in [4.78, 5) is 19.3. The first kappa shape index (κ1) is 18.1. The second kappa shape index (κ2) is 7.66. The Hall–Kier alpha value is -2.73. The van der Waals surface area contributed by atoms with Crippen LogP contribution in [-0.2, 0) is 4.79 Å². The molecule has 6 heteroatoms. The van der Waals surface area contributed by atoms with Crippen LogP contribution in [0.1, 0.15) is 11.1 Å². The Kier molecular flexibility index (Phi) is 5.32. The van der Waals surface area contributed by atoms with Crippen LogP contribution in [0.4, 0.5) is 5.69 Å². The van der Waals surface area contributed by atoms with Crippen molar-refractivity contribution in [2.45, 2.75) is 6.92 Å². The SMILES string of the molecule is COc1ccc(/C=C2/SC(=Nc3ccc(C)cc3)N(C)C2=O)cc1OC. The fourth-order valence-corrected chi connectivity index (χ4v) is 3.46. The minimum absolute atomic E-state index is 0.0735. The van der Waals surface area contributed by atoms with E-state index in [0.29, 0.717) is 21.6 Å². The first-order valence-electron chi connectivity index (χ1n) is 8.07. The maximum absolute atomic E-state index is 12.5. The normalized spacial score (nSPS) is 17.2. The minimum atomic E-state index is -0.0735. The lowest BCUT2D eigenvalue weighted by molar-refractivity contribution is -0.121. The average Bonchev–Trinajstić information content (AvgIpc) is 2.91. The van der Waals surface area contributed by atoms with Crippen molar-refractivity contribution in [3.8, 4) is 11.5 Å². The van der Waals surface area contributed by atoms with Crippen molar-refractivity contribution in [1.82, 2.24) is 4.90 Å². The molecule has 0 unspecified atom stereocenters. The number of aryl methyl sites for hydroxylation is 1. The fourth-order valence-electron chi connectivity index (χ4n) is 2.48. The predicted molar refractivity (Wildman–Crippen MR) is 106 cm³/mol. The van der Waals surface area contributed by atoms with Gasteiger partial charge in [0.2, 0.25) is 0 Å². The summed E-state index contributed by atoms with van der Waals surface area (Å²) in [5.41, 5.74) is 2.86. The molecule has 134 valence electrons. The lowest BCUT2D eigenvalue weighted by atomic mass is 10.2. The zero-order valence-corrected chi connectivity index (χ0v) is 16.0. The Morgan fingerprint density at radius 3 is 2.38 bits per heavy atom. The zero-order chi connectivity index (χ0) is 18.7. The molecule has 26 heavy (non-hydrogen) atoms. The van der Waals surface area contributed by atoms with Crippen LogP contribution in [0, 0.1) is 6.92 Å². The number of carbonyl (C=O) groups is 1. The summed E-state index contributed by atoms with van der Waals surface area (Å²) in [6.07, 6.45) is 1.84. The van der Waals surface area contributed by atoms with Gasteiger partial charge in [-0.15, -0.1) is 0 Å². The van der Waals surface area contributed by atoms with Gasteiger partial charge in [0.1, 0.15) is 0 Å². The van der Waals surface area contributed by atoms with Crippen LogP contribution in [0.15, 0.2) is 52.4 Å². The van der Waals surface area contributed by atoms with Gasteiger partial charge in [0.05, 0.1) is 24.8 Å². The van der Waals surface area contributed by atoms with Gasteiger partial charge in [-0.2, -0.15) is 0 Å². The number of aliphatic imine (C=N–C) groups is 1. The van der Waals surface area contributed by atoms with Gasteiger partial charge in [0.15, 0.2) is 16.7 Å². The molecule has 1 saturated heterocycles. The molecule has 0 atom stereocenters. The molecule has 1 aliphatic rings. The van der Waals surface area contributed by atoms with Crippen molar-refractivity contribution in [3.63, 3.8) is 0 Å². The summed E-state index contributed by atoms with van der Waals surface area (Å²) in [7, 11) is 4.91. The Morgan fingerprint density at radius 1 is 1.04 bits per heavy atom. The van der Waals surface area contributed by atoms with Crippen LogP contribution in [0.5, 0.6) is 11.5 Å². The van der Waals surface area contributed by atoms with Crippen molar-refractivity contribution >= 4 is 34.6 Å². The number of benzene rings is 2. The maximum Gasteiger partial charge on any atom is 0.266 e. The number of nitrogens with zero attached hydrogens (tertiary/aromatic N) is 2. The summed E-state index contributed by atoms with van der Waals surface area (Å²) in [6, 6.07) is 13.4. The summed E-state index contributed by atoms with van der Waals surface area (Å²) in [5, 5.41) is 0.658. The molecule has 2 aromatic carbocycles. The highest BCUT2D eigenvalue weighted by molar-refractivity contribution is 8.18. The number of likely N-dealkylation sites (N-methyl/N-ethyl adjacent to an activating group) is 1. The van der Waals surface area contributed by atoms with Gasteiger partial charge in [0.25, 0.3) is 5.91 Å². The molecular weight excluding hydrogens is 348 g/mol. The van der Waals surface area contributed by atoms with Crippen LogP contribution in [0.3, 0.4) is 0 Å². The quantitative estimate of drug-likeness (QED) is 0.757. The highest BCUT2D eigenvalue weighted by Crippen LogP contribution is 2.35. The fraction of sp³-hybridized carbons (Fsp3) is 0.200. The number of carbonyl (C=O) groups excluding carboxylic acids is 1. The highest BCUT2D eigenvalue weighted by Gasteiger charge is 2.30. The van der Waals surface area contributed by atoms with Gasteiger partial charge >= 0.3 is 0 Å². The van der Waals surface area contributed by atoms with Gasteiger partial charge in [-0.25, -0.2) is 4.99 Å². The van der Waals surface area contributed by atoms with E-state index in [2.05, 4.69) is 4.99 Å². The first-order valence-corrected chi connectivity index (χ1v) is 8.88. The highest BCUT2D eigenvalue weighted by atomic mass is 32.2. The van der Waals surface area contributed by atoms with E-state index in [1.807, 2.05) is 55.5 Å². The van der Waals surface area contributed by atoms with Crippen LogP contribution in [0.25, 0.3) is 6.08 Å². The maximum atomic E-state index is 12.5. The third-order valence-corrected chi connectivity index (χ3v) is 5.03. The Morgan fingerprint density at radius 2 is 1.73 bits per heavy atom. The largest absolute Gasteiger partial charge is 0.493 e. The molecule has 1 aliphatic heterocycles. The van der Waals surface area contributed by atoms with E-state index in [-0.39, 0.29) is 5.91 Å². The standard InChI is InChI=1S/C20H20N2O3S/c1-13-5-8-15(9-6-13)21-20-22(2)19(23)18(26-20)12-14-7-10-16(24-3)17(11-14)25-4/h5-12H,1-4H3/b18-12+,21-20?. The second-order valence-electron chi connectivity index (χ2n) is 5.82. The summed E-state index contributed by atoms with van der Waals surface area (Å²) < 4.78 is 10.6. The topological polar surface area (TPSA) is 51.1 Å². The van der Waals surface area contributed by atoms with Crippen molar-refractivity contribution in [1.29, 1.82) is 0 Å². The number of methoxy groups -OCH3 is 2. The number of amidine groups is 1. The van der Waals surface area contributed by atoms with E-state index >= 15 is 0 Å². The molecular formula is C20H20N2O3S. The number of hydrogen-bond donors (Lipinski definition) is 0. The molecule has 0 aliphatic carbocycles. The number of rotatable bonds is 4. The van der Waals surface area contributed by atoms with Crippen molar-refractivity contribution in [2.24, 2.45) is 4.99 Å². The lowest BCUT2D eigenvalue weighted by Crippen LogP contribution is -2.23. The molecule has 0 spiro atoms. The molecule has 0 N–H and O–H groups in total. The van der Waals surface area contributed by atoms with Gasteiger partial charge < -0.3 is 9.47 Å². The van der Waals surface area contributed by atoms with Gasteiger partial charge in [-0.1, -0.05) is 23.8 Å². The van der Waals surface area contributed by atoms with Crippen LogP contribution in [0.2, 0.25) is 0 Å². The number of hydrogen-bond acceptors (Lipinski definition) is 5. The number of ether oxygens (including phenoxy) is 2. The second-order valence-corrected chi connectivity index (χ2v) is 6.83. The molecule has 0 bridgehead atoms. The van der Waals surface area contributed by atoms with E-state index in [9.17, 15) is 4.79 Å². The molecule has 3 rings (SSSR count). The Labute approximate surface area is 157 Å². The molecule has 1 amide bonds. The molecule has 1 fully saturated rings. The summed E-state index contributed by atoms with van der Waals surface area (Å²) in [6.45, 7) is 2.03. The Bertz CT molecular complexity index is 888. The number of amides is 1. The summed E-state index contributed by atoms with van der Waals surface area (Å²) in [5.74, 6) is 1.20. The van der Waals surface area contributed by atoms with E-state index in [4.69, 9.17) is 9.47 Å². The average molecular weight is 368 g/mol. The molecule has 0 saturated carbocycles.